The fraction of sp³-hybridized carbons (Fsp3) is 0.348. The predicted octanol–water partition coefficient (Wildman–Crippen LogP) is 4.06. The van der Waals surface area contributed by atoms with Crippen LogP contribution in [0, 0.1) is 5.92 Å². The molecule has 0 spiro atoms. The molecule has 1 amide bonds. The standard InChI is InChI=1S/C23H22ClN3O5S/c1-30-19-10-15(5-7-18(19)32-12-17(28)13-2-3-13)27-8-9-31-21-20(23(27)29)33-22(26-21)16-6-4-14(24)11-25-16/h4-7,10-11,13,17,28H,2-3,8-9,12H2,1H3/t17-/m0/s1. The van der Waals surface area contributed by atoms with E-state index in [0.29, 0.717) is 62.7 Å². The van der Waals surface area contributed by atoms with Crippen LogP contribution in [0.1, 0.15) is 22.5 Å². The molecule has 1 aliphatic heterocycles. The van der Waals surface area contributed by atoms with E-state index in [1.165, 1.54) is 17.5 Å². The van der Waals surface area contributed by atoms with E-state index in [2.05, 4.69) is 9.97 Å². The van der Waals surface area contributed by atoms with Gasteiger partial charge >= 0.3 is 0 Å². The van der Waals surface area contributed by atoms with Gasteiger partial charge in [-0.25, -0.2) is 0 Å². The Morgan fingerprint density at radius 3 is 2.88 bits per heavy atom. The van der Waals surface area contributed by atoms with Crippen molar-refractivity contribution < 1.29 is 24.1 Å². The molecule has 5 rings (SSSR count). The molecule has 1 aromatic carbocycles. The number of nitrogens with zero attached hydrogens (tertiary/aromatic N) is 3. The maximum Gasteiger partial charge on any atom is 0.274 e. The molecule has 172 valence electrons. The fourth-order valence-corrected chi connectivity index (χ4v) is 4.64. The molecular weight excluding hydrogens is 466 g/mol. The largest absolute Gasteiger partial charge is 0.493 e. The summed E-state index contributed by atoms with van der Waals surface area (Å²) in [6, 6.07) is 8.79. The average Bonchev–Trinajstić information content (AvgIpc) is 3.62. The second kappa shape index (κ2) is 9.17. The summed E-state index contributed by atoms with van der Waals surface area (Å²) in [6.45, 7) is 0.868. The topological polar surface area (TPSA) is 94.0 Å². The van der Waals surface area contributed by atoms with Crippen molar-refractivity contribution in [2.75, 3.05) is 31.8 Å². The number of amides is 1. The first-order valence-electron chi connectivity index (χ1n) is 10.6. The van der Waals surface area contributed by atoms with E-state index in [-0.39, 0.29) is 12.5 Å². The number of anilines is 1. The number of pyridine rings is 1. The molecule has 0 saturated heterocycles. The number of hydrogen-bond donors (Lipinski definition) is 1. The summed E-state index contributed by atoms with van der Waals surface area (Å²) in [5.74, 6) is 1.44. The van der Waals surface area contributed by atoms with Crippen molar-refractivity contribution in [2.24, 2.45) is 5.92 Å². The van der Waals surface area contributed by atoms with E-state index < -0.39 is 6.10 Å². The van der Waals surface area contributed by atoms with E-state index in [9.17, 15) is 9.90 Å². The van der Waals surface area contributed by atoms with Gasteiger partial charge in [0.1, 0.15) is 18.2 Å². The Morgan fingerprint density at radius 2 is 2.15 bits per heavy atom. The first kappa shape index (κ1) is 21.9. The SMILES string of the molecule is COc1cc(N2CCOc3nc(-c4ccc(Cl)cn4)sc3C2=O)ccc1OC[C@H](O)C1CC1. The van der Waals surface area contributed by atoms with Crippen molar-refractivity contribution >= 4 is 34.5 Å². The van der Waals surface area contributed by atoms with Crippen LogP contribution >= 0.6 is 22.9 Å². The Kier molecular flexibility index (Phi) is 6.09. The van der Waals surface area contributed by atoms with Crippen LogP contribution in [-0.4, -0.2) is 54.0 Å². The lowest BCUT2D eigenvalue weighted by Gasteiger charge is -2.21. The molecule has 3 aromatic rings. The van der Waals surface area contributed by atoms with E-state index in [1.807, 2.05) is 0 Å². The average molecular weight is 488 g/mol. The predicted molar refractivity (Wildman–Crippen MR) is 125 cm³/mol. The summed E-state index contributed by atoms with van der Waals surface area (Å²) < 4.78 is 17.0. The number of carbonyl (C=O) groups is 1. The summed E-state index contributed by atoms with van der Waals surface area (Å²) in [5.41, 5.74) is 1.28. The van der Waals surface area contributed by atoms with Gasteiger partial charge in [-0.2, -0.15) is 4.98 Å². The number of aromatic nitrogens is 2. The van der Waals surface area contributed by atoms with Gasteiger partial charge in [0.25, 0.3) is 5.91 Å². The van der Waals surface area contributed by atoms with Gasteiger partial charge < -0.3 is 24.2 Å². The van der Waals surface area contributed by atoms with Crippen LogP contribution in [0.15, 0.2) is 36.5 Å². The maximum atomic E-state index is 13.4. The number of aliphatic hydroxyl groups excluding tert-OH is 1. The number of benzene rings is 1. The molecule has 2 aliphatic rings. The zero-order valence-electron chi connectivity index (χ0n) is 17.9. The molecule has 2 aromatic heterocycles. The van der Waals surface area contributed by atoms with Crippen LogP contribution in [-0.2, 0) is 0 Å². The normalized spacial score (nSPS) is 16.6. The van der Waals surface area contributed by atoms with Crippen LogP contribution in [0.4, 0.5) is 5.69 Å². The number of halogens is 1. The summed E-state index contributed by atoms with van der Waals surface area (Å²) in [7, 11) is 1.54. The van der Waals surface area contributed by atoms with Gasteiger partial charge in [0.15, 0.2) is 16.4 Å². The number of methoxy groups -OCH3 is 1. The third-order valence-electron chi connectivity index (χ3n) is 5.57. The molecule has 1 aliphatic carbocycles. The Labute approximate surface area is 199 Å². The lowest BCUT2D eigenvalue weighted by atomic mass is 10.2. The van der Waals surface area contributed by atoms with Gasteiger partial charge in [-0.15, -0.1) is 11.3 Å². The van der Waals surface area contributed by atoms with Crippen LogP contribution in [0.3, 0.4) is 0 Å². The molecule has 1 atom stereocenters. The smallest absolute Gasteiger partial charge is 0.274 e. The minimum atomic E-state index is -0.479. The molecule has 0 unspecified atom stereocenters. The van der Waals surface area contributed by atoms with Crippen LogP contribution in [0.25, 0.3) is 10.7 Å². The number of rotatable bonds is 7. The first-order valence-corrected chi connectivity index (χ1v) is 11.8. The van der Waals surface area contributed by atoms with Crippen molar-refractivity contribution in [3.8, 4) is 28.1 Å². The second-order valence-electron chi connectivity index (χ2n) is 7.87. The number of thiazole rings is 1. The monoisotopic (exact) mass is 487 g/mol. The van der Waals surface area contributed by atoms with Crippen LogP contribution in [0.2, 0.25) is 5.02 Å². The van der Waals surface area contributed by atoms with Crippen molar-refractivity contribution in [1.82, 2.24) is 9.97 Å². The van der Waals surface area contributed by atoms with Gasteiger partial charge in [-0.05, 0) is 43.0 Å². The van der Waals surface area contributed by atoms with Crippen LogP contribution < -0.4 is 19.1 Å². The van der Waals surface area contributed by atoms with Gasteiger partial charge in [-0.3, -0.25) is 9.78 Å². The van der Waals surface area contributed by atoms with Gasteiger partial charge in [-0.1, -0.05) is 11.6 Å². The molecule has 1 fully saturated rings. The quantitative estimate of drug-likeness (QED) is 0.537. The second-order valence-corrected chi connectivity index (χ2v) is 9.31. The Bertz CT molecular complexity index is 1170. The number of carbonyl (C=O) groups excluding carboxylic acids is 1. The lowest BCUT2D eigenvalue weighted by Crippen LogP contribution is -2.32. The van der Waals surface area contributed by atoms with Crippen molar-refractivity contribution in [1.29, 1.82) is 0 Å². The maximum absolute atomic E-state index is 13.4. The molecule has 8 nitrogen and oxygen atoms in total. The summed E-state index contributed by atoms with van der Waals surface area (Å²) in [4.78, 5) is 24.2. The highest BCUT2D eigenvalue weighted by Crippen LogP contribution is 2.38. The highest BCUT2D eigenvalue weighted by atomic mass is 35.5. The fourth-order valence-electron chi connectivity index (χ4n) is 3.59. The Balaban J connectivity index is 1.38. The van der Waals surface area contributed by atoms with Crippen molar-refractivity contribution in [3.63, 3.8) is 0 Å². The first-order chi connectivity index (χ1) is 16.0. The number of ether oxygens (including phenoxy) is 3. The van der Waals surface area contributed by atoms with Gasteiger partial charge in [0.2, 0.25) is 5.88 Å². The third kappa shape index (κ3) is 4.62. The van der Waals surface area contributed by atoms with Crippen molar-refractivity contribution in [2.45, 2.75) is 18.9 Å². The van der Waals surface area contributed by atoms with E-state index >= 15 is 0 Å². The third-order valence-corrected chi connectivity index (χ3v) is 6.84. The Morgan fingerprint density at radius 1 is 1.30 bits per heavy atom. The Hall–Kier alpha value is -2.88. The summed E-state index contributed by atoms with van der Waals surface area (Å²) >= 11 is 7.15. The van der Waals surface area contributed by atoms with Crippen molar-refractivity contribution in [3.05, 3.63) is 46.4 Å². The highest BCUT2D eigenvalue weighted by Gasteiger charge is 2.31. The molecule has 3 heterocycles. The number of fused-ring (bicyclic) bond motifs is 1. The molecule has 1 saturated carbocycles. The minimum Gasteiger partial charge on any atom is -0.493 e. The lowest BCUT2D eigenvalue weighted by molar-refractivity contribution is 0.0880. The highest BCUT2D eigenvalue weighted by molar-refractivity contribution is 7.17. The van der Waals surface area contributed by atoms with Crippen LogP contribution in [0.5, 0.6) is 17.4 Å². The number of aliphatic hydroxyl groups is 1. The van der Waals surface area contributed by atoms with E-state index in [0.717, 1.165) is 12.8 Å². The van der Waals surface area contributed by atoms with Gasteiger partial charge in [0, 0.05) is 18.0 Å². The van der Waals surface area contributed by atoms with E-state index in [1.54, 1.807) is 42.3 Å². The van der Waals surface area contributed by atoms with E-state index in [4.69, 9.17) is 25.8 Å². The minimum absolute atomic E-state index is 0.208. The molecule has 1 N–H and O–H groups in total. The molecular formula is C23H22ClN3O5S. The molecule has 10 heteroatoms. The molecule has 0 bridgehead atoms. The summed E-state index contributed by atoms with van der Waals surface area (Å²) in [6.07, 6.45) is 3.13. The summed E-state index contributed by atoms with van der Waals surface area (Å²) in [5, 5.41) is 11.2. The number of hydrogen-bond acceptors (Lipinski definition) is 8. The zero-order chi connectivity index (χ0) is 22.9. The van der Waals surface area contributed by atoms with Gasteiger partial charge in [0.05, 0.1) is 30.5 Å². The molecule has 33 heavy (non-hydrogen) atoms. The molecule has 0 radical (unpaired) electrons. The zero-order valence-corrected chi connectivity index (χ0v) is 19.4.